The van der Waals surface area contributed by atoms with Crippen molar-refractivity contribution in [2.45, 2.75) is 18.5 Å². The molecule has 0 radical (unpaired) electrons. The number of hydrogen-bond donors (Lipinski definition) is 5. The molecular weight excluding hydrogens is 470 g/mol. The lowest BCUT2D eigenvalue weighted by molar-refractivity contribution is -0.138. The predicted octanol–water partition coefficient (Wildman–Crippen LogP) is 4.16. The van der Waals surface area contributed by atoms with Crippen LogP contribution in [-0.2, 0) is 12.4 Å². The molecule has 0 unspecified atom stereocenters. The maximum Gasteiger partial charge on any atom is 0.416 e. The quantitative estimate of drug-likeness (QED) is 0.300. The molecule has 0 aliphatic heterocycles. The van der Waals surface area contributed by atoms with E-state index >= 15 is 0 Å². The molecule has 182 valence electrons. The molecular formula is C20H18F6N6O2. The van der Waals surface area contributed by atoms with Gasteiger partial charge in [-0.2, -0.15) is 41.3 Å². The van der Waals surface area contributed by atoms with E-state index in [4.69, 9.17) is 5.11 Å². The van der Waals surface area contributed by atoms with Crippen molar-refractivity contribution in [3.05, 3.63) is 59.7 Å². The van der Waals surface area contributed by atoms with Crippen LogP contribution in [0, 0.1) is 0 Å². The molecule has 0 fully saturated rings. The van der Waals surface area contributed by atoms with E-state index in [1.807, 2.05) is 0 Å². The molecule has 0 aliphatic rings. The average molecular weight is 488 g/mol. The smallest absolute Gasteiger partial charge is 0.394 e. The number of anilines is 5. The Morgan fingerprint density at radius 3 is 1.59 bits per heavy atom. The number of benzene rings is 2. The molecule has 1 aromatic heterocycles. The summed E-state index contributed by atoms with van der Waals surface area (Å²) in [5, 5.41) is 26.2. The van der Waals surface area contributed by atoms with Gasteiger partial charge in [-0.3, -0.25) is 0 Å². The van der Waals surface area contributed by atoms with Crippen LogP contribution in [-0.4, -0.2) is 44.4 Å². The fraction of sp³-hybridized carbons (Fsp3) is 0.250. The fourth-order valence-electron chi connectivity index (χ4n) is 2.65. The molecule has 0 bridgehead atoms. The van der Waals surface area contributed by atoms with E-state index in [1.54, 1.807) is 0 Å². The molecule has 1 heterocycles. The normalized spacial score (nSPS) is 12.8. The van der Waals surface area contributed by atoms with Gasteiger partial charge < -0.3 is 26.2 Å². The van der Waals surface area contributed by atoms with Crippen LogP contribution < -0.4 is 16.0 Å². The van der Waals surface area contributed by atoms with E-state index in [2.05, 4.69) is 30.9 Å². The molecule has 3 aromatic rings. The Morgan fingerprint density at radius 2 is 1.18 bits per heavy atom. The minimum Gasteiger partial charge on any atom is -0.394 e. The van der Waals surface area contributed by atoms with Crippen LogP contribution in [0.1, 0.15) is 11.1 Å². The van der Waals surface area contributed by atoms with Gasteiger partial charge in [0.1, 0.15) is 0 Å². The lowest BCUT2D eigenvalue weighted by atomic mass is 10.2. The van der Waals surface area contributed by atoms with Gasteiger partial charge >= 0.3 is 12.4 Å². The molecule has 1 atom stereocenters. The Hall–Kier alpha value is -3.65. The summed E-state index contributed by atoms with van der Waals surface area (Å²) in [6.45, 7) is -0.755. The lowest BCUT2D eigenvalue weighted by Gasteiger charge is -2.14. The number of hydrogen-bond acceptors (Lipinski definition) is 8. The molecule has 3 rings (SSSR count). The molecule has 0 saturated heterocycles. The summed E-state index contributed by atoms with van der Waals surface area (Å²) in [5.41, 5.74) is -1.85. The number of rotatable bonds is 8. The Kier molecular flexibility index (Phi) is 7.41. The highest BCUT2D eigenvalue weighted by Gasteiger charge is 2.31. The van der Waals surface area contributed by atoms with Gasteiger partial charge in [0, 0.05) is 17.9 Å². The van der Waals surface area contributed by atoms with Gasteiger partial charge in [0.25, 0.3) is 0 Å². The van der Waals surface area contributed by atoms with E-state index in [0.717, 1.165) is 24.3 Å². The second-order valence-electron chi connectivity index (χ2n) is 6.93. The minimum absolute atomic E-state index is 0.00705. The summed E-state index contributed by atoms with van der Waals surface area (Å²) < 4.78 is 77.9. The topological polar surface area (TPSA) is 115 Å². The summed E-state index contributed by atoms with van der Waals surface area (Å²) in [5.74, 6) is -0.624. The fourth-order valence-corrected chi connectivity index (χ4v) is 2.65. The number of nitrogens with one attached hydrogen (secondary N) is 3. The monoisotopic (exact) mass is 488 g/mol. The van der Waals surface area contributed by atoms with Crippen molar-refractivity contribution in [1.82, 2.24) is 15.0 Å². The SMILES string of the molecule is OC[C@@H](O)CNc1nc(Nc2cccc(C(F)(F)F)c2)nc(Nc2cccc(C(F)(F)F)c2)n1. The molecule has 8 nitrogen and oxygen atoms in total. The van der Waals surface area contributed by atoms with Gasteiger partial charge in [0.2, 0.25) is 17.8 Å². The second-order valence-corrected chi connectivity index (χ2v) is 6.93. The van der Waals surface area contributed by atoms with E-state index in [-0.39, 0.29) is 35.8 Å². The molecule has 14 heteroatoms. The van der Waals surface area contributed by atoms with E-state index in [9.17, 15) is 31.4 Å². The zero-order chi connectivity index (χ0) is 24.9. The zero-order valence-corrected chi connectivity index (χ0v) is 17.1. The number of nitrogens with zero attached hydrogens (tertiary/aromatic N) is 3. The maximum atomic E-state index is 13.0. The van der Waals surface area contributed by atoms with Gasteiger partial charge in [-0.05, 0) is 36.4 Å². The van der Waals surface area contributed by atoms with Crippen molar-refractivity contribution in [3.8, 4) is 0 Å². The third-order valence-corrected chi connectivity index (χ3v) is 4.23. The molecule has 5 N–H and O–H groups in total. The minimum atomic E-state index is -4.58. The third kappa shape index (κ3) is 6.92. The molecule has 34 heavy (non-hydrogen) atoms. The highest BCUT2D eigenvalue weighted by molar-refractivity contribution is 5.60. The summed E-state index contributed by atoms with van der Waals surface area (Å²) >= 11 is 0. The van der Waals surface area contributed by atoms with Crippen molar-refractivity contribution in [3.63, 3.8) is 0 Å². The van der Waals surface area contributed by atoms with Crippen LogP contribution in [0.3, 0.4) is 0 Å². The molecule has 0 aliphatic carbocycles. The van der Waals surface area contributed by atoms with Crippen LogP contribution in [0.4, 0.5) is 55.6 Å². The van der Waals surface area contributed by atoms with Gasteiger partial charge in [-0.15, -0.1) is 0 Å². The highest BCUT2D eigenvalue weighted by atomic mass is 19.4. The third-order valence-electron chi connectivity index (χ3n) is 4.23. The van der Waals surface area contributed by atoms with Gasteiger partial charge in [-0.1, -0.05) is 12.1 Å². The predicted molar refractivity (Wildman–Crippen MR) is 111 cm³/mol. The first-order chi connectivity index (χ1) is 15.9. The first-order valence-electron chi connectivity index (χ1n) is 9.61. The largest absolute Gasteiger partial charge is 0.416 e. The van der Waals surface area contributed by atoms with Crippen LogP contribution in [0.2, 0.25) is 0 Å². The lowest BCUT2D eigenvalue weighted by Crippen LogP contribution is -2.24. The average Bonchev–Trinajstić information content (AvgIpc) is 2.76. The number of halogens is 6. The number of aliphatic hydroxyl groups excluding tert-OH is 2. The first-order valence-corrected chi connectivity index (χ1v) is 9.61. The molecule has 0 spiro atoms. The van der Waals surface area contributed by atoms with Crippen LogP contribution in [0.15, 0.2) is 48.5 Å². The summed E-state index contributed by atoms with van der Waals surface area (Å²) in [4.78, 5) is 12.0. The Labute approximate surface area is 188 Å². The maximum absolute atomic E-state index is 13.0. The van der Waals surface area contributed by atoms with Crippen LogP contribution >= 0.6 is 0 Å². The van der Waals surface area contributed by atoms with Crippen molar-refractivity contribution in [2.24, 2.45) is 0 Å². The van der Waals surface area contributed by atoms with Gasteiger partial charge in [0.05, 0.1) is 23.8 Å². The van der Waals surface area contributed by atoms with E-state index in [0.29, 0.717) is 0 Å². The number of alkyl halides is 6. The van der Waals surface area contributed by atoms with Crippen molar-refractivity contribution < 1.29 is 36.6 Å². The van der Waals surface area contributed by atoms with Crippen molar-refractivity contribution in [1.29, 1.82) is 0 Å². The second kappa shape index (κ2) is 10.1. The first kappa shape index (κ1) is 25.0. The molecule has 0 saturated carbocycles. The number of aliphatic hydroxyl groups is 2. The summed E-state index contributed by atoms with van der Waals surface area (Å²) in [7, 11) is 0. The number of aromatic nitrogens is 3. The Balaban J connectivity index is 1.91. The van der Waals surface area contributed by atoms with Gasteiger partial charge in [0.15, 0.2) is 0 Å². The summed E-state index contributed by atoms with van der Waals surface area (Å²) in [6, 6.07) is 8.42. The molecule has 0 amide bonds. The van der Waals surface area contributed by atoms with E-state index in [1.165, 1.54) is 24.3 Å². The van der Waals surface area contributed by atoms with Gasteiger partial charge in [-0.25, -0.2) is 0 Å². The van der Waals surface area contributed by atoms with Crippen LogP contribution in [0.25, 0.3) is 0 Å². The van der Waals surface area contributed by atoms with Crippen LogP contribution in [0.5, 0.6) is 0 Å². The molecule has 2 aromatic carbocycles. The Morgan fingerprint density at radius 1 is 0.735 bits per heavy atom. The van der Waals surface area contributed by atoms with Crippen molar-refractivity contribution >= 4 is 29.2 Å². The van der Waals surface area contributed by atoms with Crippen molar-refractivity contribution in [2.75, 3.05) is 29.1 Å². The van der Waals surface area contributed by atoms with E-state index < -0.39 is 36.2 Å². The summed E-state index contributed by atoms with van der Waals surface area (Å²) in [6.07, 6.45) is -10.3. The standard InChI is InChI=1S/C20H18F6N6O2/c21-19(22,23)11-3-1-5-13(7-11)28-17-30-16(27-9-15(34)10-33)31-18(32-17)29-14-6-2-4-12(8-14)20(24,25)26/h1-8,15,33-34H,9-10H2,(H3,27,28,29,30,31,32)/t15-/m0/s1. The Bertz CT molecular complexity index is 1050. The highest BCUT2D eigenvalue weighted by Crippen LogP contribution is 2.32. The zero-order valence-electron chi connectivity index (χ0n) is 17.1.